The summed E-state index contributed by atoms with van der Waals surface area (Å²) in [5.74, 6) is 1.45. The van der Waals surface area contributed by atoms with Gasteiger partial charge in [0.25, 0.3) is 0 Å². The van der Waals surface area contributed by atoms with Crippen LogP contribution in [0, 0.1) is 5.92 Å². The summed E-state index contributed by atoms with van der Waals surface area (Å²) < 4.78 is 0. The molecule has 5 heteroatoms. The predicted octanol–water partition coefficient (Wildman–Crippen LogP) is 3.41. The number of nitrogens with one attached hydrogen (secondary N) is 2. The van der Waals surface area contributed by atoms with Crippen LogP contribution in [-0.2, 0) is 9.59 Å². The number of nitrogens with zero attached hydrogens (tertiary/aromatic N) is 1. The van der Waals surface area contributed by atoms with E-state index in [-0.39, 0.29) is 23.8 Å². The lowest BCUT2D eigenvalue weighted by molar-refractivity contribution is -0.133. The van der Waals surface area contributed by atoms with Gasteiger partial charge in [0.15, 0.2) is 0 Å². The van der Waals surface area contributed by atoms with Crippen molar-refractivity contribution in [3.63, 3.8) is 0 Å². The van der Waals surface area contributed by atoms with Crippen molar-refractivity contribution in [2.75, 3.05) is 26.2 Å². The van der Waals surface area contributed by atoms with Crippen LogP contribution in [0.2, 0.25) is 0 Å². The van der Waals surface area contributed by atoms with Gasteiger partial charge in [0.2, 0.25) is 11.8 Å². The first-order valence-electron chi connectivity index (χ1n) is 11.3. The van der Waals surface area contributed by atoms with E-state index in [9.17, 15) is 9.59 Å². The minimum Gasteiger partial charge on any atom is -0.354 e. The number of piperidine rings is 1. The van der Waals surface area contributed by atoms with Crippen LogP contribution in [0.1, 0.15) is 75.8 Å². The van der Waals surface area contributed by atoms with E-state index in [1.54, 1.807) is 0 Å². The van der Waals surface area contributed by atoms with E-state index in [4.69, 9.17) is 0 Å². The molecule has 0 aromatic heterocycles. The van der Waals surface area contributed by atoms with E-state index >= 15 is 0 Å². The molecular formula is C24H37N3O2. The van der Waals surface area contributed by atoms with Crippen molar-refractivity contribution >= 4 is 11.8 Å². The lowest BCUT2D eigenvalue weighted by atomic mass is 9.93. The second-order valence-electron chi connectivity index (χ2n) is 9.17. The van der Waals surface area contributed by atoms with Gasteiger partial charge in [-0.05, 0) is 61.1 Å². The Labute approximate surface area is 175 Å². The summed E-state index contributed by atoms with van der Waals surface area (Å²) >= 11 is 0. The maximum absolute atomic E-state index is 12.9. The van der Waals surface area contributed by atoms with Gasteiger partial charge in [0, 0.05) is 26.1 Å². The van der Waals surface area contributed by atoms with E-state index in [0.717, 1.165) is 45.3 Å². The van der Waals surface area contributed by atoms with Gasteiger partial charge in [0.05, 0.1) is 6.04 Å². The zero-order chi connectivity index (χ0) is 20.8. The van der Waals surface area contributed by atoms with Gasteiger partial charge in [-0.2, -0.15) is 0 Å². The normalized spacial score (nSPS) is 23.2. The molecule has 2 aliphatic heterocycles. The first-order chi connectivity index (χ1) is 13.9. The number of carbonyl (C=O) groups is 2. The molecule has 3 unspecified atom stereocenters. The zero-order valence-corrected chi connectivity index (χ0v) is 18.2. The van der Waals surface area contributed by atoms with Gasteiger partial charge < -0.3 is 15.5 Å². The molecule has 2 N–H and O–H groups in total. The van der Waals surface area contributed by atoms with Crippen molar-refractivity contribution < 1.29 is 9.59 Å². The van der Waals surface area contributed by atoms with Crippen LogP contribution in [0.25, 0.3) is 0 Å². The Bertz CT molecular complexity index is 680. The van der Waals surface area contributed by atoms with Crippen molar-refractivity contribution in [2.45, 2.75) is 70.8 Å². The van der Waals surface area contributed by atoms with E-state index in [1.165, 1.54) is 11.1 Å². The van der Waals surface area contributed by atoms with Crippen LogP contribution in [-0.4, -0.2) is 48.9 Å². The topological polar surface area (TPSA) is 61.4 Å². The maximum atomic E-state index is 12.9. The third kappa shape index (κ3) is 6.05. The van der Waals surface area contributed by atoms with Crippen LogP contribution in [0.15, 0.2) is 24.3 Å². The molecule has 2 amide bonds. The van der Waals surface area contributed by atoms with Crippen LogP contribution >= 0.6 is 0 Å². The molecule has 2 fully saturated rings. The Morgan fingerprint density at radius 2 is 1.83 bits per heavy atom. The lowest BCUT2D eigenvalue weighted by Crippen LogP contribution is -2.46. The molecule has 0 saturated carbocycles. The Hall–Kier alpha value is -1.88. The molecule has 0 bridgehead atoms. The molecule has 0 radical (unpaired) electrons. The first-order valence-corrected chi connectivity index (χ1v) is 11.3. The highest BCUT2D eigenvalue weighted by Crippen LogP contribution is 2.24. The number of likely N-dealkylation sites (tertiary alicyclic amines) is 1. The number of benzene rings is 1. The van der Waals surface area contributed by atoms with Crippen LogP contribution in [0.4, 0.5) is 0 Å². The average molecular weight is 400 g/mol. The number of rotatable bonds is 7. The SMILES string of the molecule is CC(C)c1ccc(C(C)CC(=O)N2CCCC(CNC(=O)C3CCCN3)C2)cc1. The van der Waals surface area contributed by atoms with Gasteiger partial charge in [-0.3, -0.25) is 9.59 Å². The predicted molar refractivity (Wildman–Crippen MR) is 117 cm³/mol. The fourth-order valence-electron chi connectivity index (χ4n) is 4.45. The van der Waals surface area contributed by atoms with Gasteiger partial charge in [-0.25, -0.2) is 0 Å². The van der Waals surface area contributed by atoms with E-state index in [2.05, 4.69) is 55.7 Å². The van der Waals surface area contributed by atoms with E-state index < -0.39 is 0 Å². The summed E-state index contributed by atoms with van der Waals surface area (Å²) in [7, 11) is 0. The highest BCUT2D eigenvalue weighted by molar-refractivity contribution is 5.82. The standard InChI is InChI=1S/C24H37N3O2/c1-17(2)20-8-10-21(11-9-20)18(3)14-23(28)27-13-5-6-19(16-27)15-26-24(29)22-7-4-12-25-22/h8-11,17-19,22,25H,4-7,12-16H2,1-3H3,(H,26,29). The summed E-state index contributed by atoms with van der Waals surface area (Å²) in [6, 6.07) is 8.66. The Balaban J connectivity index is 1.46. The fourth-order valence-corrected chi connectivity index (χ4v) is 4.45. The molecular weight excluding hydrogens is 362 g/mol. The maximum Gasteiger partial charge on any atom is 0.237 e. The summed E-state index contributed by atoms with van der Waals surface area (Å²) in [5, 5.41) is 6.34. The van der Waals surface area contributed by atoms with Crippen LogP contribution in [0.5, 0.6) is 0 Å². The third-order valence-electron chi connectivity index (χ3n) is 6.47. The molecule has 1 aromatic carbocycles. The molecule has 1 aromatic rings. The van der Waals surface area contributed by atoms with Gasteiger partial charge in [-0.15, -0.1) is 0 Å². The first kappa shape index (κ1) is 21.8. The van der Waals surface area contributed by atoms with Gasteiger partial charge in [0.1, 0.15) is 0 Å². The second kappa shape index (κ2) is 10.2. The number of amides is 2. The molecule has 5 nitrogen and oxygen atoms in total. The molecule has 3 rings (SSSR count). The molecule has 2 heterocycles. The lowest BCUT2D eigenvalue weighted by Gasteiger charge is -2.33. The van der Waals surface area contributed by atoms with Crippen LogP contribution in [0.3, 0.4) is 0 Å². The highest BCUT2D eigenvalue weighted by atomic mass is 16.2. The molecule has 2 aliphatic rings. The quantitative estimate of drug-likeness (QED) is 0.739. The smallest absolute Gasteiger partial charge is 0.237 e. The van der Waals surface area contributed by atoms with Gasteiger partial charge >= 0.3 is 0 Å². The summed E-state index contributed by atoms with van der Waals surface area (Å²) in [4.78, 5) is 27.1. The molecule has 0 aliphatic carbocycles. The van der Waals surface area contributed by atoms with Crippen LogP contribution < -0.4 is 10.6 Å². The van der Waals surface area contributed by atoms with E-state index in [1.807, 2.05) is 4.90 Å². The number of hydrogen-bond acceptors (Lipinski definition) is 3. The van der Waals surface area contributed by atoms with E-state index in [0.29, 0.717) is 24.8 Å². The van der Waals surface area contributed by atoms with Crippen molar-refractivity contribution in [2.24, 2.45) is 5.92 Å². The van der Waals surface area contributed by atoms with Gasteiger partial charge in [-0.1, -0.05) is 45.0 Å². The molecule has 2 saturated heterocycles. The molecule has 0 spiro atoms. The Kier molecular flexibility index (Phi) is 7.70. The van der Waals surface area contributed by atoms with Crippen molar-refractivity contribution in [1.29, 1.82) is 0 Å². The summed E-state index contributed by atoms with van der Waals surface area (Å²) in [6.45, 7) is 9.74. The Morgan fingerprint density at radius 3 is 2.48 bits per heavy atom. The molecule has 3 atom stereocenters. The number of hydrogen-bond donors (Lipinski definition) is 2. The molecule has 29 heavy (non-hydrogen) atoms. The average Bonchev–Trinajstić information content (AvgIpc) is 3.27. The van der Waals surface area contributed by atoms with Crippen molar-refractivity contribution in [3.8, 4) is 0 Å². The van der Waals surface area contributed by atoms with Crippen molar-refractivity contribution in [3.05, 3.63) is 35.4 Å². The minimum absolute atomic E-state index is 0.0285. The highest BCUT2D eigenvalue weighted by Gasteiger charge is 2.27. The molecule has 160 valence electrons. The second-order valence-corrected chi connectivity index (χ2v) is 9.17. The number of carbonyl (C=O) groups excluding carboxylic acids is 2. The minimum atomic E-state index is -0.0285. The largest absolute Gasteiger partial charge is 0.354 e. The van der Waals surface area contributed by atoms with Crippen molar-refractivity contribution in [1.82, 2.24) is 15.5 Å². The summed E-state index contributed by atoms with van der Waals surface area (Å²) in [6.07, 6.45) is 4.64. The Morgan fingerprint density at radius 1 is 1.10 bits per heavy atom. The third-order valence-corrected chi connectivity index (χ3v) is 6.47. The zero-order valence-electron chi connectivity index (χ0n) is 18.2. The fraction of sp³-hybridized carbons (Fsp3) is 0.667. The monoisotopic (exact) mass is 399 g/mol. The summed E-state index contributed by atoms with van der Waals surface area (Å²) in [5.41, 5.74) is 2.56.